The van der Waals surface area contributed by atoms with Crippen LogP contribution in [0.3, 0.4) is 0 Å². The number of hydrogen-bond donors (Lipinski definition) is 0. The summed E-state index contributed by atoms with van der Waals surface area (Å²) in [6, 6.07) is 0. The van der Waals surface area contributed by atoms with Gasteiger partial charge in [0.15, 0.2) is 0 Å². The summed E-state index contributed by atoms with van der Waals surface area (Å²) in [4.78, 5) is 22.7. The lowest BCUT2D eigenvalue weighted by Gasteiger charge is -2.11. The zero-order valence-corrected chi connectivity index (χ0v) is 6.04. The summed E-state index contributed by atoms with van der Waals surface area (Å²) in [6.45, 7) is 2.91. The molecule has 3 nitrogen and oxygen atoms in total. The highest BCUT2D eigenvalue weighted by Gasteiger charge is 2.22. The predicted octanol–water partition coefficient (Wildman–Crippen LogP) is 0.0537. The molecule has 0 aliphatic carbocycles. The molecule has 0 spiro atoms. The quantitative estimate of drug-likeness (QED) is 0.484. The number of aldehydes is 1. The van der Waals surface area contributed by atoms with Crippen LogP contribution in [-0.4, -0.2) is 30.2 Å². The highest BCUT2D eigenvalue weighted by molar-refractivity contribution is 5.74. The molecule has 1 amide bonds. The number of likely N-dealkylation sites (tertiary alicyclic amines) is 1. The van der Waals surface area contributed by atoms with E-state index in [1.54, 1.807) is 4.90 Å². The van der Waals surface area contributed by atoms with Crippen molar-refractivity contribution in [3.63, 3.8) is 0 Å². The van der Waals surface area contributed by atoms with Gasteiger partial charge < -0.3 is 9.69 Å². The number of rotatable bonds is 1. The summed E-state index contributed by atoms with van der Waals surface area (Å²) < 4.78 is 0. The molecule has 1 aliphatic rings. The Morgan fingerprint density at radius 3 is 2.70 bits per heavy atom. The van der Waals surface area contributed by atoms with Crippen LogP contribution in [0, 0.1) is 5.92 Å². The average Bonchev–Trinajstić information content (AvgIpc) is 2.34. The van der Waals surface area contributed by atoms with E-state index in [9.17, 15) is 9.59 Å². The van der Waals surface area contributed by atoms with Crippen LogP contribution in [0.4, 0.5) is 0 Å². The molecule has 0 aromatic rings. The Bertz CT molecular complexity index is 156. The molecule has 1 saturated heterocycles. The lowest BCUT2D eigenvalue weighted by atomic mass is 10.1. The maximum absolute atomic E-state index is 10.7. The molecular weight excluding hydrogens is 130 g/mol. The molecule has 0 bridgehead atoms. The van der Waals surface area contributed by atoms with Crippen LogP contribution in [0.1, 0.15) is 13.3 Å². The molecule has 0 aromatic carbocycles. The van der Waals surface area contributed by atoms with Crippen LogP contribution in [0.2, 0.25) is 0 Å². The van der Waals surface area contributed by atoms with Crippen molar-refractivity contribution in [1.82, 2.24) is 4.90 Å². The van der Waals surface area contributed by atoms with Gasteiger partial charge in [-0.1, -0.05) is 0 Å². The lowest BCUT2D eigenvalue weighted by Crippen LogP contribution is -2.25. The van der Waals surface area contributed by atoms with E-state index in [-0.39, 0.29) is 11.8 Å². The highest BCUT2D eigenvalue weighted by atomic mass is 16.2. The first-order valence-electron chi connectivity index (χ1n) is 3.45. The van der Waals surface area contributed by atoms with Crippen molar-refractivity contribution in [2.75, 3.05) is 13.1 Å². The first-order chi connectivity index (χ1) is 4.74. The van der Waals surface area contributed by atoms with E-state index in [2.05, 4.69) is 0 Å². The summed E-state index contributed by atoms with van der Waals surface area (Å²) in [5.41, 5.74) is 0. The van der Waals surface area contributed by atoms with E-state index < -0.39 is 0 Å². The third kappa shape index (κ3) is 1.35. The molecule has 10 heavy (non-hydrogen) atoms. The smallest absolute Gasteiger partial charge is 0.219 e. The van der Waals surface area contributed by atoms with E-state index in [0.29, 0.717) is 6.54 Å². The molecule has 0 N–H and O–H groups in total. The van der Waals surface area contributed by atoms with Crippen molar-refractivity contribution in [2.45, 2.75) is 13.3 Å². The summed E-state index contributed by atoms with van der Waals surface area (Å²) in [5, 5.41) is 0. The Kier molecular flexibility index (Phi) is 2.04. The van der Waals surface area contributed by atoms with Crippen molar-refractivity contribution in [2.24, 2.45) is 5.92 Å². The maximum atomic E-state index is 10.7. The van der Waals surface area contributed by atoms with Crippen molar-refractivity contribution < 1.29 is 9.59 Å². The number of hydrogen-bond acceptors (Lipinski definition) is 2. The van der Waals surface area contributed by atoms with Gasteiger partial charge in [-0.15, -0.1) is 0 Å². The summed E-state index contributed by atoms with van der Waals surface area (Å²) in [5.74, 6) is 0.160. The van der Waals surface area contributed by atoms with E-state index in [0.717, 1.165) is 19.3 Å². The fraction of sp³-hybridized carbons (Fsp3) is 0.714. The molecule has 1 heterocycles. The normalized spacial score (nSPS) is 24.9. The van der Waals surface area contributed by atoms with Gasteiger partial charge in [-0.2, -0.15) is 0 Å². The second-order valence-electron chi connectivity index (χ2n) is 2.65. The van der Waals surface area contributed by atoms with Crippen LogP contribution < -0.4 is 0 Å². The minimum atomic E-state index is 0.0735. The monoisotopic (exact) mass is 141 g/mol. The van der Waals surface area contributed by atoms with Crippen LogP contribution in [0.25, 0.3) is 0 Å². The van der Waals surface area contributed by atoms with Gasteiger partial charge >= 0.3 is 0 Å². The molecule has 1 fully saturated rings. The number of nitrogens with zero attached hydrogens (tertiary/aromatic N) is 1. The number of carbonyl (C=O) groups excluding carboxylic acids is 2. The Morgan fingerprint density at radius 2 is 2.40 bits per heavy atom. The predicted molar refractivity (Wildman–Crippen MR) is 36.4 cm³/mol. The van der Waals surface area contributed by atoms with Crippen molar-refractivity contribution >= 4 is 12.2 Å². The van der Waals surface area contributed by atoms with Crippen LogP contribution in [-0.2, 0) is 9.59 Å². The molecular formula is C7H11NO2. The second-order valence-corrected chi connectivity index (χ2v) is 2.65. The van der Waals surface area contributed by atoms with Gasteiger partial charge in [0.25, 0.3) is 0 Å². The van der Waals surface area contributed by atoms with Gasteiger partial charge in [0.2, 0.25) is 5.91 Å². The van der Waals surface area contributed by atoms with Crippen LogP contribution >= 0.6 is 0 Å². The molecule has 0 aromatic heterocycles. The fourth-order valence-electron chi connectivity index (χ4n) is 1.18. The molecule has 3 heteroatoms. The molecule has 56 valence electrons. The van der Waals surface area contributed by atoms with E-state index >= 15 is 0 Å². The summed E-state index contributed by atoms with van der Waals surface area (Å²) in [7, 11) is 0. The maximum Gasteiger partial charge on any atom is 0.219 e. The molecule has 1 unspecified atom stereocenters. The van der Waals surface area contributed by atoms with E-state index in [1.807, 2.05) is 0 Å². The summed E-state index contributed by atoms with van der Waals surface area (Å²) in [6.07, 6.45) is 1.77. The van der Waals surface area contributed by atoms with Crippen molar-refractivity contribution in [1.29, 1.82) is 0 Å². The van der Waals surface area contributed by atoms with Gasteiger partial charge in [-0.25, -0.2) is 0 Å². The molecule has 1 rings (SSSR count). The molecule has 0 saturated carbocycles. The Hall–Kier alpha value is -0.860. The van der Waals surface area contributed by atoms with Crippen molar-refractivity contribution in [3.05, 3.63) is 0 Å². The van der Waals surface area contributed by atoms with Gasteiger partial charge in [-0.3, -0.25) is 4.79 Å². The standard InChI is InChI=1S/C7H11NO2/c1-6(10)8-3-2-7(4-8)5-9/h5,7H,2-4H2,1H3. The lowest BCUT2D eigenvalue weighted by molar-refractivity contribution is -0.127. The third-order valence-electron chi connectivity index (χ3n) is 1.86. The number of carbonyl (C=O) groups is 2. The Balaban J connectivity index is 2.42. The highest BCUT2D eigenvalue weighted by Crippen LogP contribution is 2.12. The average molecular weight is 141 g/mol. The van der Waals surface area contributed by atoms with E-state index in [1.165, 1.54) is 6.92 Å². The first kappa shape index (κ1) is 7.25. The number of amides is 1. The SMILES string of the molecule is CC(=O)N1CCC(C=O)C1. The van der Waals surface area contributed by atoms with Gasteiger partial charge in [0, 0.05) is 25.9 Å². The molecule has 1 aliphatic heterocycles. The molecule has 1 atom stereocenters. The Morgan fingerprint density at radius 1 is 1.70 bits per heavy atom. The van der Waals surface area contributed by atoms with E-state index in [4.69, 9.17) is 0 Å². The second kappa shape index (κ2) is 2.82. The minimum Gasteiger partial charge on any atom is -0.342 e. The topological polar surface area (TPSA) is 37.4 Å². The largest absolute Gasteiger partial charge is 0.342 e. The van der Waals surface area contributed by atoms with Crippen LogP contribution in [0.5, 0.6) is 0 Å². The van der Waals surface area contributed by atoms with Crippen molar-refractivity contribution in [3.8, 4) is 0 Å². The first-order valence-corrected chi connectivity index (χ1v) is 3.45. The molecule has 0 radical (unpaired) electrons. The Labute approximate surface area is 60.0 Å². The van der Waals surface area contributed by atoms with Crippen LogP contribution in [0.15, 0.2) is 0 Å². The zero-order chi connectivity index (χ0) is 7.56. The zero-order valence-electron chi connectivity index (χ0n) is 6.04. The van der Waals surface area contributed by atoms with Gasteiger partial charge in [0.1, 0.15) is 6.29 Å². The third-order valence-corrected chi connectivity index (χ3v) is 1.86. The van der Waals surface area contributed by atoms with Gasteiger partial charge in [-0.05, 0) is 6.42 Å². The summed E-state index contributed by atoms with van der Waals surface area (Å²) >= 11 is 0. The van der Waals surface area contributed by atoms with Gasteiger partial charge in [0.05, 0.1) is 0 Å². The minimum absolute atomic E-state index is 0.0735. The fourth-order valence-corrected chi connectivity index (χ4v) is 1.18.